The average Bonchev–Trinajstić information content (AvgIpc) is 3.04. The van der Waals surface area contributed by atoms with Gasteiger partial charge >= 0.3 is 6.18 Å². The first-order valence-corrected chi connectivity index (χ1v) is 12.3. The summed E-state index contributed by atoms with van der Waals surface area (Å²) in [6.07, 6.45) is 1.79. The third-order valence-corrected chi connectivity index (χ3v) is 8.10. The normalized spacial score (nSPS) is 28.9. The van der Waals surface area contributed by atoms with Crippen LogP contribution in [0.15, 0.2) is 36.5 Å². The SMILES string of the molecule is Nc1ncc(-c2ccc([C@@]34CC[C@@H]3CN(CC(F)(F)F)C4)cc2)cc1C(=O)NC1CCC(O)CC1. The molecule has 0 radical (unpaired) electrons. The maximum atomic E-state index is 12.9. The lowest BCUT2D eigenvalue weighted by molar-refractivity contribution is -0.143. The molecule has 4 N–H and O–H groups in total. The molecule has 5 rings (SSSR count). The molecule has 6 nitrogen and oxygen atoms in total. The number of halogens is 3. The number of rotatable bonds is 5. The number of hydrogen-bond donors (Lipinski definition) is 3. The Labute approximate surface area is 202 Å². The van der Waals surface area contributed by atoms with Crippen LogP contribution in [0.25, 0.3) is 11.1 Å². The number of aliphatic hydroxyl groups is 1. The number of likely N-dealkylation sites (tertiary alicyclic amines) is 1. The Bertz CT molecular complexity index is 1080. The van der Waals surface area contributed by atoms with Crippen LogP contribution in [0.3, 0.4) is 0 Å². The van der Waals surface area contributed by atoms with Gasteiger partial charge in [-0.25, -0.2) is 4.98 Å². The zero-order valence-electron chi connectivity index (χ0n) is 19.5. The number of benzene rings is 1. The van der Waals surface area contributed by atoms with E-state index in [1.54, 1.807) is 12.3 Å². The molecule has 2 atom stereocenters. The van der Waals surface area contributed by atoms with Crippen molar-refractivity contribution in [1.29, 1.82) is 0 Å². The summed E-state index contributed by atoms with van der Waals surface area (Å²) in [5, 5.41) is 12.7. The number of pyridine rings is 1. The molecule has 2 saturated carbocycles. The lowest BCUT2D eigenvalue weighted by atomic mass is 9.58. The van der Waals surface area contributed by atoms with Crippen molar-refractivity contribution in [3.8, 4) is 11.1 Å². The van der Waals surface area contributed by atoms with Crippen LogP contribution >= 0.6 is 0 Å². The van der Waals surface area contributed by atoms with E-state index in [0.717, 1.165) is 42.4 Å². The Morgan fingerprint density at radius 2 is 1.86 bits per heavy atom. The topological polar surface area (TPSA) is 91.5 Å². The van der Waals surface area contributed by atoms with Gasteiger partial charge in [0, 0.05) is 36.3 Å². The first-order chi connectivity index (χ1) is 16.6. The Morgan fingerprint density at radius 1 is 1.14 bits per heavy atom. The fourth-order valence-corrected chi connectivity index (χ4v) is 6.08. The number of nitrogens with one attached hydrogen (secondary N) is 1. The number of hydrogen-bond acceptors (Lipinski definition) is 5. The summed E-state index contributed by atoms with van der Waals surface area (Å²) in [6, 6.07) is 9.64. The molecular weight excluding hydrogens is 457 g/mol. The molecule has 3 fully saturated rings. The largest absolute Gasteiger partial charge is 0.401 e. The maximum Gasteiger partial charge on any atom is 0.401 e. The van der Waals surface area contributed by atoms with Gasteiger partial charge in [0.15, 0.2) is 0 Å². The summed E-state index contributed by atoms with van der Waals surface area (Å²) in [5.74, 6) is 0.137. The van der Waals surface area contributed by atoms with Crippen LogP contribution in [0.5, 0.6) is 0 Å². The quantitative estimate of drug-likeness (QED) is 0.594. The van der Waals surface area contributed by atoms with E-state index in [1.165, 1.54) is 4.90 Å². The van der Waals surface area contributed by atoms with Crippen molar-refractivity contribution in [2.75, 3.05) is 25.4 Å². The van der Waals surface area contributed by atoms with Crippen LogP contribution in [-0.2, 0) is 5.41 Å². The van der Waals surface area contributed by atoms with Gasteiger partial charge in [-0.1, -0.05) is 24.3 Å². The predicted octanol–water partition coefficient (Wildman–Crippen LogP) is 3.89. The highest BCUT2D eigenvalue weighted by Crippen LogP contribution is 2.54. The number of nitrogens with two attached hydrogens (primary N) is 1. The van der Waals surface area contributed by atoms with Crippen LogP contribution in [0.2, 0.25) is 0 Å². The highest BCUT2D eigenvalue weighted by molar-refractivity contribution is 5.99. The maximum absolute atomic E-state index is 12.9. The zero-order chi connectivity index (χ0) is 24.8. The van der Waals surface area contributed by atoms with Crippen molar-refractivity contribution in [3.05, 3.63) is 47.7 Å². The Balaban J connectivity index is 1.30. The standard InChI is InChI=1S/C26H31F3N4O2/c27-26(28,29)15-33-13-19-9-10-25(19,14-33)18-3-1-16(2-4-18)17-11-22(23(30)31-12-17)24(35)32-20-5-7-21(34)8-6-20/h1-4,11-12,19-21,34H,5-10,13-15H2,(H2,30,31)(H,32,35)/t19-,20?,21?,25+/m1/s1. The summed E-state index contributed by atoms with van der Waals surface area (Å²) in [7, 11) is 0. The third-order valence-electron chi connectivity index (χ3n) is 8.10. The van der Waals surface area contributed by atoms with Gasteiger partial charge in [-0.3, -0.25) is 9.69 Å². The van der Waals surface area contributed by atoms with Gasteiger partial charge in [0.05, 0.1) is 18.2 Å². The summed E-state index contributed by atoms with van der Waals surface area (Å²) in [5.41, 5.74) is 8.80. The van der Waals surface area contributed by atoms with Crippen molar-refractivity contribution >= 4 is 11.7 Å². The second kappa shape index (κ2) is 9.09. The Kier molecular flexibility index (Phi) is 6.25. The molecule has 1 amide bonds. The lowest BCUT2D eigenvalue weighted by Crippen LogP contribution is -2.44. The second-order valence-electron chi connectivity index (χ2n) is 10.4. The number of fused-ring (bicyclic) bond motifs is 1. The summed E-state index contributed by atoms with van der Waals surface area (Å²) < 4.78 is 38.8. The van der Waals surface area contributed by atoms with Gasteiger partial charge in [-0.2, -0.15) is 13.2 Å². The van der Waals surface area contributed by atoms with E-state index >= 15 is 0 Å². The van der Waals surface area contributed by atoms with Gasteiger partial charge in [0.25, 0.3) is 5.91 Å². The predicted molar refractivity (Wildman–Crippen MR) is 127 cm³/mol. The van der Waals surface area contributed by atoms with Crippen LogP contribution in [-0.4, -0.2) is 58.9 Å². The zero-order valence-corrected chi connectivity index (χ0v) is 19.5. The first-order valence-electron chi connectivity index (χ1n) is 12.3. The molecule has 0 spiro atoms. The van der Waals surface area contributed by atoms with E-state index in [9.17, 15) is 23.1 Å². The molecule has 1 aromatic heterocycles. The van der Waals surface area contributed by atoms with Gasteiger partial charge in [0.2, 0.25) is 0 Å². The number of carbonyl (C=O) groups is 1. The van der Waals surface area contributed by atoms with E-state index in [4.69, 9.17) is 5.73 Å². The molecule has 9 heteroatoms. The molecule has 2 aliphatic carbocycles. The molecule has 35 heavy (non-hydrogen) atoms. The summed E-state index contributed by atoms with van der Waals surface area (Å²) in [6.45, 7) is 0.0662. The molecular formula is C26H31F3N4O2. The molecule has 188 valence electrons. The van der Waals surface area contributed by atoms with Crippen LogP contribution < -0.4 is 11.1 Å². The highest BCUT2D eigenvalue weighted by Gasteiger charge is 2.54. The number of nitrogens with zero attached hydrogens (tertiary/aromatic N) is 2. The first kappa shape index (κ1) is 24.1. The van der Waals surface area contributed by atoms with Crippen molar-refractivity contribution in [3.63, 3.8) is 0 Å². The average molecular weight is 489 g/mol. The summed E-state index contributed by atoms with van der Waals surface area (Å²) in [4.78, 5) is 18.6. The number of nitrogen functional groups attached to an aromatic ring is 1. The third kappa shape index (κ3) is 4.89. The molecule has 0 unspecified atom stereocenters. The van der Waals surface area contributed by atoms with Crippen molar-refractivity contribution < 1.29 is 23.1 Å². The van der Waals surface area contributed by atoms with E-state index in [-0.39, 0.29) is 35.2 Å². The van der Waals surface area contributed by atoms with Gasteiger partial charge in [-0.15, -0.1) is 0 Å². The van der Waals surface area contributed by atoms with Gasteiger partial charge < -0.3 is 16.2 Å². The molecule has 2 heterocycles. The number of amides is 1. The molecule has 1 aliphatic heterocycles. The monoisotopic (exact) mass is 488 g/mol. The Hall–Kier alpha value is -2.65. The minimum Gasteiger partial charge on any atom is -0.393 e. The van der Waals surface area contributed by atoms with Gasteiger partial charge in [-0.05, 0) is 61.6 Å². The number of alkyl halides is 3. The van der Waals surface area contributed by atoms with Crippen LogP contribution in [0.4, 0.5) is 19.0 Å². The van der Waals surface area contributed by atoms with Crippen LogP contribution in [0, 0.1) is 5.92 Å². The minimum atomic E-state index is -4.18. The van der Waals surface area contributed by atoms with Gasteiger partial charge in [0.1, 0.15) is 5.82 Å². The lowest BCUT2D eigenvalue weighted by Gasteiger charge is -2.45. The molecule has 1 saturated heterocycles. The van der Waals surface area contributed by atoms with E-state index in [0.29, 0.717) is 31.5 Å². The fraction of sp³-hybridized carbons (Fsp3) is 0.538. The number of anilines is 1. The van der Waals surface area contributed by atoms with Crippen molar-refractivity contribution in [2.45, 2.75) is 62.3 Å². The molecule has 1 aromatic carbocycles. The van der Waals surface area contributed by atoms with E-state index in [2.05, 4.69) is 10.3 Å². The molecule has 0 bridgehead atoms. The fourth-order valence-electron chi connectivity index (χ4n) is 6.08. The molecule has 2 aromatic rings. The Morgan fingerprint density at radius 3 is 2.49 bits per heavy atom. The number of carbonyl (C=O) groups excluding carboxylic acids is 1. The van der Waals surface area contributed by atoms with E-state index < -0.39 is 12.7 Å². The van der Waals surface area contributed by atoms with Crippen LogP contribution in [0.1, 0.15) is 54.4 Å². The second-order valence-corrected chi connectivity index (χ2v) is 10.4. The van der Waals surface area contributed by atoms with Crippen molar-refractivity contribution in [2.24, 2.45) is 5.92 Å². The summed E-state index contributed by atoms with van der Waals surface area (Å²) >= 11 is 0. The highest BCUT2D eigenvalue weighted by atomic mass is 19.4. The van der Waals surface area contributed by atoms with Crippen molar-refractivity contribution in [1.82, 2.24) is 15.2 Å². The number of aromatic nitrogens is 1. The minimum absolute atomic E-state index is 0.00578. The number of aliphatic hydroxyl groups excluding tert-OH is 1. The molecule has 3 aliphatic rings. The smallest absolute Gasteiger partial charge is 0.393 e. The van der Waals surface area contributed by atoms with E-state index in [1.807, 2.05) is 24.3 Å².